The minimum absolute atomic E-state index is 0.198. The van der Waals surface area contributed by atoms with E-state index in [2.05, 4.69) is 18.3 Å². The Morgan fingerprint density at radius 2 is 1.81 bits per heavy atom. The fourth-order valence-corrected chi connectivity index (χ4v) is 2.86. The van der Waals surface area contributed by atoms with E-state index in [0.29, 0.717) is 5.56 Å². The molecule has 1 aliphatic rings. The van der Waals surface area contributed by atoms with Crippen LogP contribution in [0.5, 0.6) is 5.75 Å². The molecular formula is C18H20FNO. The highest BCUT2D eigenvalue weighted by atomic mass is 19.1. The van der Waals surface area contributed by atoms with Crippen molar-refractivity contribution in [3.63, 3.8) is 0 Å². The Bertz CT molecular complexity index is 614. The third kappa shape index (κ3) is 2.93. The van der Waals surface area contributed by atoms with Gasteiger partial charge in [0.15, 0.2) is 0 Å². The molecule has 21 heavy (non-hydrogen) atoms. The molecule has 2 aromatic rings. The van der Waals surface area contributed by atoms with Crippen LogP contribution in [0, 0.1) is 5.82 Å². The van der Waals surface area contributed by atoms with Gasteiger partial charge in [0, 0.05) is 23.6 Å². The second kappa shape index (κ2) is 6.27. The van der Waals surface area contributed by atoms with Gasteiger partial charge in [0.05, 0.1) is 0 Å². The summed E-state index contributed by atoms with van der Waals surface area (Å²) in [6.45, 7) is 3.09. The molecule has 2 nitrogen and oxygen atoms in total. The van der Waals surface area contributed by atoms with E-state index >= 15 is 0 Å². The van der Waals surface area contributed by atoms with Crippen molar-refractivity contribution in [2.45, 2.75) is 31.9 Å². The highest BCUT2D eigenvalue weighted by molar-refractivity contribution is 5.39. The van der Waals surface area contributed by atoms with Gasteiger partial charge in [0.2, 0.25) is 0 Å². The van der Waals surface area contributed by atoms with Gasteiger partial charge in [-0.15, -0.1) is 0 Å². The van der Waals surface area contributed by atoms with Gasteiger partial charge in [0.25, 0.3) is 0 Å². The van der Waals surface area contributed by atoms with Crippen molar-refractivity contribution < 1.29 is 9.13 Å². The lowest BCUT2D eigenvalue weighted by molar-refractivity contribution is 0.147. The van der Waals surface area contributed by atoms with Gasteiger partial charge in [0.1, 0.15) is 17.7 Å². The molecule has 0 amide bonds. The molecule has 2 unspecified atom stereocenters. The SMILES string of the molecule is CCCNC1CC(c2ccccc2F)Oc2ccccc21. The quantitative estimate of drug-likeness (QED) is 0.899. The molecule has 0 radical (unpaired) electrons. The first-order valence-electron chi connectivity index (χ1n) is 7.53. The molecule has 0 saturated carbocycles. The summed E-state index contributed by atoms with van der Waals surface area (Å²) in [7, 11) is 0. The number of nitrogens with one attached hydrogen (secondary N) is 1. The number of fused-ring (bicyclic) bond motifs is 1. The summed E-state index contributed by atoms with van der Waals surface area (Å²) < 4.78 is 20.1. The topological polar surface area (TPSA) is 21.3 Å². The predicted molar refractivity (Wildman–Crippen MR) is 81.9 cm³/mol. The van der Waals surface area contributed by atoms with Crippen molar-refractivity contribution in [2.24, 2.45) is 0 Å². The van der Waals surface area contributed by atoms with E-state index in [9.17, 15) is 4.39 Å². The molecule has 0 saturated heterocycles. The number of hydrogen-bond acceptors (Lipinski definition) is 2. The van der Waals surface area contributed by atoms with E-state index < -0.39 is 0 Å². The van der Waals surface area contributed by atoms with Gasteiger partial charge in [-0.1, -0.05) is 43.3 Å². The maximum atomic E-state index is 14.0. The number of halogens is 1. The van der Waals surface area contributed by atoms with Crippen LogP contribution in [0.25, 0.3) is 0 Å². The summed E-state index contributed by atoms with van der Waals surface area (Å²) in [5.74, 6) is 0.654. The van der Waals surface area contributed by atoms with E-state index in [4.69, 9.17) is 4.74 Å². The van der Waals surface area contributed by atoms with Gasteiger partial charge in [-0.2, -0.15) is 0 Å². The molecule has 1 N–H and O–H groups in total. The Morgan fingerprint density at radius 1 is 1.10 bits per heavy atom. The number of para-hydroxylation sites is 1. The van der Waals surface area contributed by atoms with Crippen molar-refractivity contribution in [1.82, 2.24) is 5.32 Å². The highest BCUT2D eigenvalue weighted by Gasteiger charge is 2.29. The molecule has 110 valence electrons. The Morgan fingerprint density at radius 3 is 2.57 bits per heavy atom. The van der Waals surface area contributed by atoms with Crippen LogP contribution in [0.1, 0.15) is 43.0 Å². The second-order valence-electron chi connectivity index (χ2n) is 5.41. The standard InChI is InChI=1S/C18H20FNO/c1-2-11-20-16-12-18(13-7-3-5-9-15(13)19)21-17-10-6-4-8-14(16)17/h3-10,16,18,20H,2,11-12H2,1H3. The van der Waals surface area contributed by atoms with Crippen LogP contribution < -0.4 is 10.1 Å². The van der Waals surface area contributed by atoms with Crippen LogP contribution in [0.2, 0.25) is 0 Å². The van der Waals surface area contributed by atoms with E-state index in [-0.39, 0.29) is 18.0 Å². The Balaban J connectivity index is 1.91. The van der Waals surface area contributed by atoms with E-state index in [1.165, 1.54) is 11.6 Å². The monoisotopic (exact) mass is 285 g/mol. The zero-order chi connectivity index (χ0) is 14.7. The minimum atomic E-state index is -0.240. The molecule has 1 aliphatic heterocycles. The zero-order valence-electron chi connectivity index (χ0n) is 12.2. The maximum absolute atomic E-state index is 14.0. The highest BCUT2D eigenvalue weighted by Crippen LogP contribution is 2.41. The summed E-state index contributed by atoms with van der Waals surface area (Å²) in [6, 6.07) is 15.1. The summed E-state index contributed by atoms with van der Waals surface area (Å²) in [5, 5.41) is 3.54. The molecule has 0 fully saturated rings. The van der Waals surface area contributed by atoms with Crippen molar-refractivity contribution in [1.29, 1.82) is 0 Å². The third-order valence-corrected chi connectivity index (χ3v) is 3.91. The smallest absolute Gasteiger partial charge is 0.130 e. The number of rotatable bonds is 4. The van der Waals surface area contributed by atoms with Crippen LogP contribution in [0.3, 0.4) is 0 Å². The lowest BCUT2D eigenvalue weighted by atomic mass is 9.92. The Kier molecular flexibility index (Phi) is 4.20. The maximum Gasteiger partial charge on any atom is 0.130 e. The lowest BCUT2D eigenvalue weighted by Gasteiger charge is -2.33. The number of ether oxygens (including phenoxy) is 1. The summed E-state index contributed by atoms with van der Waals surface area (Å²) in [6.07, 6.45) is 1.58. The van der Waals surface area contributed by atoms with Crippen molar-refractivity contribution in [3.05, 3.63) is 65.5 Å². The lowest BCUT2D eigenvalue weighted by Crippen LogP contribution is -2.29. The summed E-state index contributed by atoms with van der Waals surface area (Å²) in [4.78, 5) is 0. The van der Waals surface area contributed by atoms with Gasteiger partial charge in [-0.05, 0) is 25.1 Å². The van der Waals surface area contributed by atoms with Crippen LogP contribution in [-0.2, 0) is 0 Å². The predicted octanol–water partition coefficient (Wildman–Crippen LogP) is 4.39. The first kappa shape index (κ1) is 14.1. The fraction of sp³-hybridized carbons (Fsp3) is 0.333. The van der Waals surface area contributed by atoms with Crippen LogP contribution in [0.4, 0.5) is 4.39 Å². The second-order valence-corrected chi connectivity index (χ2v) is 5.41. The molecular weight excluding hydrogens is 265 g/mol. The molecule has 3 heteroatoms. The molecule has 1 heterocycles. The van der Waals surface area contributed by atoms with Gasteiger partial charge >= 0.3 is 0 Å². The Labute approximate surface area is 125 Å². The van der Waals surface area contributed by atoms with Gasteiger partial charge < -0.3 is 10.1 Å². The molecule has 0 bridgehead atoms. The molecule has 0 aliphatic carbocycles. The third-order valence-electron chi connectivity index (χ3n) is 3.91. The average molecular weight is 285 g/mol. The Hall–Kier alpha value is -1.87. The van der Waals surface area contributed by atoms with Crippen molar-refractivity contribution in [3.8, 4) is 5.75 Å². The van der Waals surface area contributed by atoms with Crippen LogP contribution in [0.15, 0.2) is 48.5 Å². The van der Waals surface area contributed by atoms with Crippen LogP contribution in [-0.4, -0.2) is 6.54 Å². The first-order chi connectivity index (χ1) is 10.3. The zero-order valence-corrected chi connectivity index (χ0v) is 12.2. The minimum Gasteiger partial charge on any atom is -0.485 e. The fourth-order valence-electron chi connectivity index (χ4n) is 2.86. The van der Waals surface area contributed by atoms with Crippen molar-refractivity contribution >= 4 is 0 Å². The largest absolute Gasteiger partial charge is 0.485 e. The number of hydrogen-bond donors (Lipinski definition) is 1. The number of benzene rings is 2. The summed E-state index contributed by atoms with van der Waals surface area (Å²) in [5.41, 5.74) is 1.80. The first-order valence-corrected chi connectivity index (χ1v) is 7.53. The molecule has 0 spiro atoms. The molecule has 2 atom stereocenters. The molecule has 2 aromatic carbocycles. The van der Waals surface area contributed by atoms with E-state index in [0.717, 1.165) is 25.1 Å². The normalized spacial score (nSPS) is 20.7. The van der Waals surface area contributed by atoms with E-state index in [1.54, 1.807) is 6.07 Å². The van der Waals surface area contributed by atoms with E-state index in [1.807, 2.05) is 30.3 Å². The van der Waals surface area contributed by atoms with Crippen molar-refractivity contribution in [2.75, 3.05) is 6.54 Å². The molecule has 0 aromatic heterocycles. The summed E-state index contributed by atoms with van der Waals surface area (Å²) >= 11 is 0. The molecule has 3 rings (SSSR count). The average Bonchev–Trinajstić information content (AvgIpc) is 2.53. The van der Waals surface area contributed by atoms with Crippen LogP contribution >= 0.6 is 0 Å². The van der Waals surface area contributed by atoms with Gasteiger partial charge in [-0.3, -0.25) is 0 Å². The van der Waals surface area contributed by atoms with Gasteiger partial charge in [-0.25, -0.2) is 4.39 Å².